The van der Waals surface area contributed by atoms with Gasteiger partial charge in [0.15, 0.2) is 0 Å². The number of amides is 2. The lowest BCUT2D eigenvalue weighted by molar-refractivity contribution is -0.140. The maximum Gasteiger partial charge on any atom is 0.264 e. The first-order valence-corrected chi connectivity index (χ1v) is 14.0. The molecule has 7 nitrogen and oxygen atoms in total. The maximum absolute atomic E-state index is 13.9. The van der Waals surface area contributed by atoms with Gasteiger partial charge in [-0.3, -0.25) is 13.9 Å². The molecule has 0 saturated carbocycles. The van der Waals surface area contributed by atoms with Crippen LogP contribution in [-0.4, -0.2) is 43.3 Å². The van der Waals surface area contributed by atoms with E-state index < -0.39 is 34.1 Å². The van der Waals surface area contributed by atoms with Crippen LogP contribution in [-0.2, 0) is 26.2 Å². The molecule has 38 heavy (non-hydrogen) atoms. The van der Waals surface area contributed by atoms with Crippen LogP contribution >= 0.6 is 0 Å². The molecule has 8 heteroatoms. The molecule has 0 radical (unpaired) electrons. The smallest absolute Gasteiger partial charge is 0.264 e. The number of hydrogen-bond acceptors (Lipinski definition) is 4. The van der Waals surface area contributed by atoms with Crippen molar-refractivity contribution in [2.75, 3.05) is 10.8 Å². The summed E-state index contributed by atoms with van der Waals surface area (Å²) in [4.78, 5) is 28.6. The topological polar surface area (TPSA) is 86.8 Å². The second-order valence-corrected chi connectivity index (χ2v) is 12.4. The van der Waals surface area contributed by atoms with Crippen molar-refractivity contribution in [1.82, 2.24) is 10.2 Å². The monoisotopic (exact) mass is 535 g/mol. The van der Waals surface area contributed by atoms with Crippen molar-refractivity contribution < 1.29 is 18.0 Å². The van der Waals surface area contributed by atoms with Gasteiger partial charge >= 0.3 is 0 Å². The summed E-state index contributed by atoms with van der Waals surface area (Å²) in [6, 6.07) is 22.0. The van der Waals surface area contributed by atoms with E-state index in [1.54, 1.807) is 31.2 Å². The zero-order valence-corrected chi connectivity index (χ0v) is 23.7. The van der Waals surface area contributed by atoms with Crippen LogP contribution in [0.25, 0.3) is 0 Å². The molecule has 3 rings (SSSR count). The number of anilines is 1. The molecule has 0 saturated heterocycles. The van der Waals surface area contributed by atoms with E-state index in [-0.39, 0.29) is 17.3 Å². The highest BCUT2D eigenvalue weighted by Crippen LogP contribution is 2.28. The van der Waals surface area contributed by atoms with E-state index in [2.05, 4.69) is 5.32 Å². The Bertz CT molecular complexity index is 1370. The summed E-state index contributed by atoms with van der Waals surface area (Å²) in [5.41, 5.74) is 2.46. The van der Waals surface area contributed by atoms with Crippen LogP contribution in [0.3, 0.4) is 0 Å². The lowest BCUT2D eigenvalue weighted by Gasteiger charge is -2.34. The molecule has 3 aromatic rings. The van der Waals surface area contributed by atoms with Gasteiger partial charge in [0, 0.05) is 12.1 Å². The standard InChI is InChI=1S/C30H37N3O4S/c1-22-17-18-27(23(2)19-22)33(38(36,37)26-15-11-8-12-16-26)21-28(34)32(20-25-13-9-7-10-14-25)24(3)29(35)31-30(4,5)6/h7-19,24H,20-21H2,1-6H3,(H,31,35)/t24-/m0/s1. The fraction of sp³-hybridized carbons (Fsp3) is 0.333. The van der Waals surface area contributed by atoms with Gasteiger partial charge in [0.25, 0.3) is 10.0 Å². The summed E-state index contributed by atoms with van der Waals surface area (Å²) in [6.45, 7) is 10.7. The number of aryl methyl sites for hydroxylation is 2. The summed E-state index contributed by atoms with van der Waals surface area (Å²) >= 11 is 0. The number of hydrogen-bond donors (Lipinski definition) is 1. The van der Waals surface area contributed by atoms with E-state index in [1.165, 1.54) is 17.0 Å². The minimum Gasteiger partial charge on any atom is -0.350 e. The number of sulfonamides is 1. The van der Waals surface area contributed by atoms with E-state index in [1.807, 2.05) is 77.1 Å². The molecule has 1 N–H and O–H groups in total. The van der Waals surface area contributed by atoms with Crippen LogP contribution in [0.2, 0.25) is 0 Å². The first kappa shape index (κ1) is 28.9. The summed E-state index contributed by atoms with van der Waals surface area (Å²) in [5.74, 6) is -0.796. The molecular weight excluding hydrogens is 498 g/mol. The van der Waals surface area contributed by atoms with Gasteiger partial charge < -0.3 is 10.2 Å². The predicted octanol–water partition coefficient (Wildman–Crippen LogP) is 4.83. The Morgan fingerprint density at radius 2 is 1.47 bits per heavy atom. The van der Waals surface area contributed by atoms with Gasteiger partial charge in [0.2, 0.25) is 11.8 Å². The van der Waals surface area contributed by atoms with Crippen LogP contribution in [0.4, 0.5) is 5.69 Å². The summed E-state index contributed by atoms with van der Waals surface area (Å²) in [5, 5.41) is 2.93. The molecular formula is C30H37N3O4S. The number of carbonyl (C=O) groups excluding carboxylic acids is 2. The van der Waals surface area contributed by atoms with Gasteiger partial charge in [-0.1, -0.05) is 66.2 Å². The highest BCUT2D eigenvalue weighted by Gasteiger charge is 2.33. The third kappa shape index (κ3) is 7.22. The molecule has 1 atom stereocenters. The third-order valence-corrected chi connectivity index (χ3v) is 7.87. The molecule has 3 aromatic carbocycles. The van der Waals surface area contributed by atoms with Gasteiger partial charge in [-0.05, 0) is 70.9 Å². The van der Waals surface area contributed by atoms with Crippen LogP contribution in [0, 0.1) is 13.8 Å². The lowest BCUT2D eigenvalue weighted by atomic mass is 10.1. The fourth-order valence-corrected chi connectivity index (χ4v) is 5.65. The second kappa shape index (κ2) is 11.8. The number of carbonyl (C=O) groups is 2. The zero-order chi connectivity index (χ0) is 28.1. The van der Waals surface area contributed by atoms with E-state index in [0.29, 0.717) is 5.69 Å². The lowest BCUT2D eigenvalue weighted by Crippen LogP contribution is -2.54. The Balaban J connectivity index is 2.05. The Hall–Kier alpha value is -3.65. The number of rotatable bonds is 9. The molecule has 2 amide bonds. The third-order valence-electron chi connectivity index (χ3n) is 6.09. The van der Waals surface area contributed by atoms with E-state index in [0.717, 1.165) is 21.0 Å². The van der Waals surface area contributed by atoms with Gasteiger partial charge in [0.05, 0.1) is 10.6 Å². The SMILES string of the molecule is Cc1ccc(N(CC(=O)N(Cc2ccccc2)[C@@H](C)C(=O)NC(C)(C)C)S(=O)(=O)c2ccccc2)c(C)c1. The minimum absolute atomic E-state index is 0.0842. The Morgan fingerprint density at radius 1 is 0.895 bits per heavy atom. The molecule has 0 fully saturated rings. The summed E-state index contributed by atoms with van der Waals surface area (Å²) in [7, 11) is -4.08. The van der Waals surface area contributed by atoms with Crippen molar-refractivity contribution >= 4 is 27.5 Å². The average molecular weight is 536 g/mol. The van der Waals surface area contributed by atoms with Gasteiger partial charge in [0.1, 0.15) is 12.6 Å². The van der Waals surface area contributed by atoms with Crippen molar-refractivity contribution in [2.45, 2.75) is 64.6 Å². The zero-order valence-electron chi connectivity index (χ0n) is 22.9. The highest BCUT2D eigenvalue weighted by atomic mass is 32.2. The maximum atomic E-state index is 13.9. The molecule has 0 unspecified atom stereocenters. The Kier molecular flexibility index (Phi) is 8.99. The summed E-state index contributed by atoms with van der Waals surface area (Å²) in [6.07, 6.45) is 0. The Morgan fingerprint density at radius 3 is 2.03 bits per heavy atom. The van der Waals surface area contributed by atoms with Crippen LogP contribution in [0.1, 0.15) is 44.4 Å². The molecule has 0 bridgehead atoms. The van der Waals surface area contributed by atoms with Crippen LogP contribution < -0.4 is 9.62 Å². The molecule has 0 aliphatic heterocycles. The quantitative estimate of drug-likeness (QED) is 0.425. The summed E-state index contributed by atoms with van der Waals surface area (Å²) < 4.78 is 28.9. The molecule has 0 spiro atoms. The molecule has 0 aliphatic rings. The van der Waals surface area contributed by atoms with E-state index in [9.17, 15) is 18.0 Å². The normalized spacial score (nSPS) is 12.5. The van der Waals surface area contributed by atoms with E-state index >= 15 is 0 Å². The van der Waals surface area contributed by atoms with Crippen LogP contribution in [0.15, 0.2) is 83.8 Å². The van der Waals surface area contributed by atoms with Gasteiger partial charge in [-0.2, -0.15) is 0 Å². The average Bonchev–Trinajstić information content (AvgIpc) is 2.86. The van der Waals surface area contributed by atoms with E-state index in [4.69, 9.17) is 0 Å². The van der Waals surface area contributed by atoms with Crippen molar-refractivity contribution in [3.8, 4) is 0 Å². The minimum atomic E-state index is -4.08. The molecule has 0 aliphatic carbocycles. The van der Waals surface area contributed by atoms with Crippen molar-refractivity contribution in [1.29, 1.82) is 0 Å². The van der Waals surface area contributed by atoms with Crippen LogP contribution in [0.5, 0.6) is 0 Å². The number of nitrogens with zero attached hydrogens (tertiary/aromatic N) is 2. The molecule has 0 aromatic heterocycles. The largest absolute Gasteiger partial charge is 0.350 e. The van der Waals surface area contributed by atoms with Crippen molar-refractivity contribution in [3.05, 3.63) is 95.6 Å². The first-order chi connectivity index (χ1) is 17.8. The highest BCUT2D eigenvalue weighted by molar-refractivity contribution is 7.92. The van der Waals surface area contributed by atoms with Gasteiger partial charge in [-0.25, -0.2) is 8.42 Å². The first-order valence-electron chi connectivity index (χ1n) is 12.6. The number of nitrogens with one attached hydrogen (secondary N) is 1. The Labute approximate surface area is 226 Å². The fourth-order valence-electron chi connectivity index (χ4n) is 4.16. The molecule has 0 heterocycles. The number of benzene rings is 3. The van der Waals surface area contributed by atoms with Crippen molar-refractivity contribution in [3.63, 3.8) is 0 Å². The predicted molar refractivity (Wildman–Crippen MR) is 151 cm³/mol. The van der Waals surface area contributed by atoms with Gasteiger partial charge in [-0.15, -0.1) is 0 Å². The second-order valence-electron chi connectivity index (χ2n) is 10.5. The molecule has 202 valence electrons. The van der Waals surface area contributed by atoms with Crippen molar-refractivity contribution in [2.24, 2.45) is 0 Å².